The number of nitrogens with two attached hydrogens (primary N) is 1. The van der Waals surface area contributed by atoms with Gasteiger partial charge in [-0.3, -0.25) is 4.57 Å². The molecule has 1 aliphatic rings. The molecule has 2 aromatic heterocycles. The van der Waals surface area contributed by atoms with Gasteiger partial charge in [0, 0.05) is 0 Å². The lowest BCUT2D eigenvalue weighted by atomic mass is 10.1. The molecule has 3 rings (SSSR count). The Kier molecular flexibility index (Phi) is 4.82. The van der Waals surface area contributed by atoms with Gasteiger partial charge in [-0.2, -0.15) is 0 Å². The van der Waals surface area contributed by atoms with Gasteiger partial charge in [0.1, 0.15) is 30.2 Å². The summed E-state index contributed by atoms with van der Waals surface area (Å²) in [6.45, 7) is 10.9. The predicted octanol–water partition coefficient (Wildman–Crippen LogP) is 1.05. The second-order valence-electron chi connectivity index (χ2n) is 8.20. The number of nitrogen functional groups attached to an aromatic ring is 1. The van der Waals surface area contributed by atoms with Crippen LogP contribution in [0.2, 0.25) is 18.1 Å². The highest BCUT2D eigenvalue weighted by atomic mass is 28.4. The molecule has 1 saturated heterocycles. The van der Waals surface area contributed by atoms with Crippen LogP contribution < -0.4 is 5.73 Å². The molecule has 144 valence electrons. The Bertz CT molecular complexity index is 791. The number of rotatable bonds is 4. The largest absolute Gasteiger partial charge is 0.414 e. The first-order chi connectivity index (χ1) is 12.0. The van der Waals surface area contributed by atoms with Crippen molar-refractivity contribution in [3.8, 4) is 0 Å². The zero-order chi connectivity index (χ0) is 19.3. The number of ether oxygens (including phenoxy) is 1. The molecule has 0 unspecified atom stereocenters. The molecule has 10 heteroatoms. The molecule has 0 aromatic carbocycles. The van der Waals surface area contributed by atoms with Crippen molar-refractivity contribution < 1.29 is 19.4 Å². The Morgan fingerprint density at radius 2 is 1.92 bits per heavy atom. The van der Waals surface area contributed by atoms with Gasteiger partial charge in [0.05, 0.1) is 12.9 Å². The molecule has 0 saturated carbocycles. The molecule has 3 heterocycles. The molecule has 1 aliphatic heterocycles. The second kappa shape index (κ2) is 6.53. The molecule has 1 fully saturated rings. The molecule has 0 amide bonds. The lowest BCUT2D eigenvalue weighted by Gasteiger charge is -2.37. The van der Waals surface area contributed by atoms with E-state index in [1.807, 2.05) is 0 Å². The molecule has 4 N–H and O–H groups in total. The fourth-order valence-electron chi connectivity index (χ4n) is 2.66. The van der Waals surface area contributed by atoms with E-state index in [0.29, 0.717) is 11.2 Å². The van der Waals surface area contributed by atoms with Crippen LogP contribution in [0.5, 0.6) is 0 Å². The smallest absolute Gasteiger partial charge is 0.192 e. The first-order valence-electron chi connectivity index (χ1n) is 8.61. The van der Waals surface area contributed by atoms with Gasteiger partial charge in [-0.05, 0) is 18.1 Å². The molecular formula is C16H27N5O4Si. The molecular weight excluding hydrogens is 354 g/mol. The minimum absolute atomic E-state index is 0.0452. The second-order valence-corrected chi connectivity index (χ2v) is 13.0. The third kappa shape index (κ3) is 3.23. The van der Waals surface area contributed by atoms with Crippen molar-refractivity contribution in [1.29, 1.82) is 0 Å². The lowest BCUT2D eigenvalue weighted by molar-refractivity contribution is -0.0491. The van der Waals surface area contributed by atoms with Crippen LogP contribution >= 0.6 is 0 Å². The number of imidazole rings is 1. The Morgan fingerprint density at radius 3 is 2.58 bits per heavy atom. The zero-order valence-corrected chi connectivity index (χ0v) is 16.7. The average Bonchev–Trinajstić information content (AvgIpc) is 3.08. The molecule has 0 spiro atoms. The average molecular weight is 382 g/mol. The number of anilines is 1. The van der Waals surface area contributed by atoms with Crippen LogP contribution in [0.15, 0.2) is 12.7 Å². The van der Waals surface area contributed by atoms with Crippen molar-refractivity contribution in [2.24, 2.45) is 0 Å². The molecule has 2 aromatic rings. The van der Waals surface area contributed by atoms with Crippen molar-refractivity contribution in [3.63, 3.8) is 0 Å². The first-order valence-corrected chi connectivity index (χ1v) is 11.5. The maximum atomic E-state index is 10.5. The summed E-state index contributed by atoms with van der Waals surface area (Å²) >= 11 is 0. The Morgan fingerprint density at radius 1 is 1.23 bits per heavy atom. The molecule has 0 aliphatic carbocycles. The molecule has 0 radical (unpaired) electrons. The maximum absolute atomic E-state index is 10.5. The number of fused-ring (bicyclic) bond motifs is 1. The Labute approximate surface area is 153 Å². The van der Waals surface area contributed by atoms with Crippen LogP contribution in [0, 0.1) is 0 Å². The fraction of sp³-hybridized carbons (Fsp3) is 0.688. The summed E-state index contributed by atoms with van der Waals surface area (Å²) in [5.41, 5.74) is 6.67. The van der Waals surface area contributed by atoms with Crippen LogP contribution in [0.1, 0.15) is 27.0 Å². The SMILES string of the molecule is CC(C)(C)[Si](C)(C)OC[C@H]1O[C@@H](n2cnc3c(N)ncnc32)[C@H](O)[C@H]1O. The van der Waals surface area contributed by atoms with Gasteiger partial charge in [0.25, 0.3) is 0 Å². The molecule has 9 nitrogen and oxygen atoms in total. The third-order valence-corrected chi connectivity index (χ3v) is 9.91. The zero-order valence-electron chi connectivity index (χ0n) is 15.7. The van der Waals surface area contributed by atoms with Gasteiger partial charge in [-0.1, -0.05) is 20.8 Å². The Hall–Kier alpha value is -1.59. The highest BCUT2D eigenvalue weighted by molar-refractivity contribution is 6.74. The van der Waals surface area contributed by atoms with E-state index >= 15 is 0 Å². The predicted molar refractivity (Wildman–Crippen MR) is 98.8 cm³/mol. The number of aliphatic hydroxyl groups excluding tert-OH is 2. The van der Waals surface area contributed by atoms with Crippen molar-refractivity contribution in [1.82, 2.24) is 19.5 Å². The van der Waals surface area contributed by atoms with Crippen LogP contribution in [0.25, 0.3) is 11.2 Å². The molecule has 4 atom stereocenters. The summed E-state index contributed by atoms with van der Waals surface area (Å²) in [5, 5.41) is 20.9. The molecule has 26 heavy (non-hydrogen) atoms. The van der Waals surface area contributed by atoms with Crippen molar-refractivity contribution >= 4 is 25.3 Å². The topological polar surface area (TPSA) is 129 Å². The van der Waals surface area contributed by atoms with E-state index in [1.165, 1.54) is 12.7 Å². The number of hydrogen-bond donors (Lipinski definition) is 3. The quantitative estimate of drug-likeness (QED) is 0.670. The minimum Gasteiger partial charge on any atom is -0.414 e. The molecule has 0 bridgehead atoms. The summed E-state index contributed by atoms with van der Waals surface area (Å²) in [7, 11) is -1.99. The van der Waals surface area contributed by atoms with Crippen molar-refractivity contribution in [2.45, 2.75) is 63.4 Å². The lowest BCUT2D eigenvalue weighted by Crippen LogP contribution is -2.44. The summed E-state index contributed by atoms with van der Waals surface area (Å²) in [5.74, 6) is 0.250. The normalized spacial score (nSPS) is 27.3. The van der Waals surface area contributed by atoms with Crippen LogP contribution in [0.4, 0.5) is 5.82 Å². The van der Waals surface area contributed by atoms with E-state index in [1.54, 1.807) is 4.57 Å². The Balaban J connectivity index is 1.78. The summed E-state index contributed by atoms with van der Waals surface area (Å²) in [6.07, 6.45) is -0.852. The summed E-state index contributed by atoms with van der Waals surface area (Å²) in [4.78, 5) is 12.2. The van der Waals surface area contributed by atoms with Crippen LogP contribution in [0.3, 0.4) is 0 Å². The van der Waals surface area contributed by atoms with Crippen molar-refractivity contribution in [3.05, 3.63) is 12.7 Å². The standard InChI is InChI=1S/C16H27N5O4Si/c1-16(2,3)26(4,5)24-6-9-11(22)12(23)15(25-9)21-8-20-10-13(17)18-7-19-14(10)21/h7-9,11-12,15,22-23H,6H2,1-5H3,(H2,17,18,19)/t9-,11+,12-,15-/m1/s1. The summed E-state index contributed by atoms with van der Waals surface area (Å²) < 4.78 is 13.6. The van der Waals surface area contributed by atoms with Gasteiger partial charge >= 0.3 is 0 Å². The number of hydrogen-bond acceptors (Lipinski definition) is 8. The van der Waals surface area contributed by atoms with Gasteiger partial charge in [0.15, 0.2) is 26.0 Å². The van der Waals surface area contributed by atoms with Crippen molar-refractivity contribution in [2.75, 3.05) is 12.3 Å². The highest BCUT2D eigenvalue weighted by Gasteiger charge is 2.46. The van der Waals surface area contributed by atoms with Crippen LogP contribution in [-0.2, 0) is 9.16 Å². The van der Waals surface area contributed by atoms with E-state index in [9.17, 15) is 10.2 Å². The number of aliphatic hydroxyl groups is 2. The van der Waals surface area contributed by atoms with E-state index in [-0.39, 0.29) is 17.5 Å². The minimum atomic E-state index is -1.99. The number of aromatic nitrogens is 4. The van der Waals surface area contributed by atoms with Gasteiger partial charge < -0.3 is 25.1 Å². The monoisotopic (exact) mass is 381 g/mol. The van der Waals surface area contributed by atoms with Gasteiger partial charge in [-0.25, -0.2) is 15.0 Å². The van der Waals surface area contributed by atoms with E-state index in [0.717, 1.165) is 0 Å². The third-order valence-electron chi connectivity index (χ3n) is 5.41. The highest BCUT2D eigenvalue weighted by Crippen LogP contribution is 2.38. The van der Waals surface area contributed by atoms with E-state index in [2.05, 4.69) is 48.8 Å². The fourth-order valence-corrected chi connectivity index (χ4v) is 3.67. The van der Waals surface area contributed by atoms with Gasteiger partial charge in [0.2, 0.25) is 0 Å². The van der Waals surface area contributed by atoms with E-state index < -0.39 is 32.9 Å². The summed E-state index contributed by atoms with van der Waals surface area (Å²) in [6, 6.07) is 0. The van der Waals surface area contributed by atoms with Gasteiger partial charge in [-0.15, -0.1) is 0 Å². The van der Waals surface area contributed by atoms with E-state index in [4.69, 9.17) is 14.9 Å². The number of nitrogens with zero attached hydrogens (tertiary/aromatic N) is 4. The van der Waals surface area contributed by atoms with Crippen LogP contribution in [-0.4, -0.2) is 63.0 Å². The maximum Gasteiger partial charge on any atom is 0.192 e. The first kappa shape index (κ1) is 19.2.